The molecule has 1 aromatic carbocycles. The predicted octanol–water partition coefficient (Wildman–Crippen LogP) is 4.39. The van der Waals surface area contributed by atoms with E-state index in [-0.39, 0.29) is 28.1 Å². The van der Waals surface area contributed by atoms with E-state index < -0.39 is 21.7 Å². The van der Waals surface area contributed by atoms with Crippen LogP contribution in [0.3, 0.4) is 0 Å². The number of benzene rings is 1. The van der Waals surface area contributed by atoms with Crippen LogP contribution in [0.25, 0.3) is 0 Å². The van der Waals surface area contributed by atoms with Crippen molar-refractivity contribution >= 4 is 27.3 Å². The third-order valence-corrected chi connectivity index (χ3v) is 7.10. The molecule has 3 rings (SSSR count). The van der Waals surface area contributed by atoms with Crippen LogP contribution >= 0.6 is 0 Å². The van der Waals surface area contributed by atoms with Crippen molar-refractivity contribution in [1.82, 2.24) is 9.88 Å². The Bertz CT molecular complexity index is 1230. The number of carbonyl (C=O) groups is 1. The van der Waals surface area contributed by atoms with Gasteiger partial charge in [0.1, 0.15) is 22.3 Å². The van der Waals surface area contributed by atoms with Crippen molar-refractivity contribution in [2.45, 2.75) is 37.5 Å². The van der Waals surface area contributed by atoms with E-state index in [1.54, 1.807) is 13.1 Å². The average Bonchev–Trinajstić information content (AvgIpc) is 2.79. The van der Waals surface area contributed by atoms with Crippen LogP contribution in [0.4, 0.5) is 20.3 Å². The number of ketones is 1. The number of nitrogens with one attached hydrogen (secondary N) is 2. The molecule has 1 unspecified atom stereocenters. The quantitative estimate of drug-likeness (QED) is 0.576. The highest BCUT2D eigenvalue weighted by Crippen LogP contribution is 2.36. The van der Waals surface area contributed by atoms with Crippen LogP contribution in [0.15, 0.2) is 59.4 Å². The maximum Gasteiger partial charge on any atom is 0.265 e. The van der Waals surface area contributed by atoms with Crippen molar-refractivity contribution in [3.63, 3.8) is 0 Å². The second-order valence-electron chi connectivity index (χ2n) is 7.79. The highest BCUT2D eigenvalue weighted by molar-refractivity contribution is 7.92. The second-order valence-corrected chi connectivity index (χ2v) is 9.44. The number of carbonyl (C=O) groups excluding carboxylic acids is 1. The van der Waals surface area contributed by atoms with Gasteiger partial charge in [0, 0.05) is 36.5 Å². The van der Waals surface area contributed by atoms with Crippen molar-refractivity contribution in [2.24, 2.45) is 0 Å². The molecule has 1 saturated heterocycles. The highest BCUT2D eigenvalue weighted by atomic mass is 32.2. The Balaban J connectivity index is 1.91. The first-order valence-electron chi connectivity index (χ1n) is 10.3. The molecule has 0 radical (unpaired) electrons. The van der Waals surface area contributed by atoms with Gasteiger partial charge in [-0.2, -0.15) is 0 Å². The molecule has 0 bridgehead atoms. The first-order valence-corrected chi connectivity index (χ1v) is 11.8. The molecule has 176 valence electrons. The lowest BCUT2D eigenvalue weighted by molar-refractivity contribution is -0.113. The zero-order chi connectivity index (χ0) is 24.3. The number of anilines is 2. The number of aromatic nitrogens is 1. The summed E-state index contributed by atoms with van der Waals surface area (Å²) in [5.74, 6) is -1.57. The lowest BCUT2D eigenvalue weighted by Crippen LogP contribution is -2.30. The maximum atomic E-state index is 14.7. The molecule has 0 saturated carbocycles. The molecule has 0 amide bonds. The largest absolute Gasteiger partial charge is 0.372 e. The summed E-state index contributed by atoms with van der Waals surface area (Å²) in [5.41, 5.74) is 1.97. The van der Waals surface area contributed by atoms with Gasteiger partial charge in [-0.25, -0.2) is 22.2 Å². The minimum Gasteiger partial charge on any atom is -0.372 e. The van der Waals surface area contributed by atoms with E-state index in [0.717, 1.165) is 18.0 Å². The molecule has 33 heavy (non-hydrogen) atoms. The maximum absolute atomic E-state index is 14.7. The zero-order valence-corrected chi connectivity index (χ0v) is 19.5. The van der Waals surface area contributed by atoms with Gasteiger partial charge in [-0.15, -0.1) is 0 Å². The molecule has 2 N–H and O–H groups in total. The van der Waals surface area contributed by atoms with Crippen LogP contribution in [-0.2, 0) is 14.8 Å². The summed E-state index contributed by atoms with van der Waals surface area (Å²) in [4.78, 5) is 17.0. The molecule has 7 nitrogen and oxygen atoms in total. The summed E-state index contributed by atoms with van der Waals surface area (Å²) < 4.78 is 56.5. The van der Waals surface area contributed by atoms with E-state index in [1.807, 2.05) is 4.90 Å². The van der Waals surface area contributed by atoms with E-state index in [1.165, 1.54) is 32.2 Å². The number of halogens is 2. The molecule has 2 heterocycles. The standard InChI is InChI=1S/C23H26F2N4O3S/c1-5-29-13-16(6-9-21(29)14(2)15(3)30)19-11-18(7-8-20(19)25)28-33(31,32)22-10-17(24)12-27-23(22)26-4/h5,7-8,10-12,16,28H,1,6,9,13H2,2-4H3,(H,26,27)/b21-14+. The molecule has 1 aliphatic rings. The van der Waals surface area contributed by atoms with Gasteiger partial charge >= 0.3 is 0 Å². The van der Waals surface area contributed by atoms with Gasteiger partial charge < -0.3 is 10.2 Å². The van der Waals surface area contributed by atoms with Gasteiger partial charge in [0.25, 0.3) is 10.0 Å². The van der Waals surface area contributed by atoms with E-state index in [2.05, 4.69) is 21.6 Å². The van der Waals surface area contributed by atoms with Crippen LogP contribution < -0.4 is 10.0 Å². The van der Waals surface area contributed by atoms with E-state index >= 15 is 0 Å². The Morgan fingerprint density at radius 1 is 1.27 bits per heavy atom. The molecule has 1 atom stereocenters. The first-order chi connectivity index (χ1) is 15.6. The summed E-state index contributed by atoms with van der Waals surface area (Å²) >= 11 is 0. The van der Waals surface area contributed by atoms with Gasteiger partial charge in [-0.05, 0) is 62.7 Å². The van der Waals surface area contributed by atoms with E-state index in [0.29, 0.717) is 30.5 Å². The Morgan fingerprint density at radius 2 is 2.00 bits per heavy atom. The van der Waals surface area contributed by atoms with Crippen LogP contribution in [0, 0.1) is 11.6 Å². The fourth-order valence-corrected chi connectivity index (χ4v) is 5.11. The molecule has 10 heteroatoms. The molecular formula is C23H26F2N4O3S. The van der Waals surface area contributed by atoms with Gasteiger partial charge in [0.15, 0.2) is 5.78 Å². The number of pyridine rings is 1. The summed E-state index contributed by atoms with van der Waals surface area (Å²) in [6, 6.07) is 4.80. The number of hydrogen-bond acceptors (Lipinski definition) is 6. The molecular weight excluding hydrogens is 450 g/mol. The number of sulfonamides is 1. The summed E-state index contributed by atoms with van der Waals surface area (Å²) in [5, 5.41) is 2.62. The van der Waals surface area contributed by atoms with Crippen molar-refractivity contribution < 1.29 is 22.0 Å². The normalized spacial score (nSPS) is 18.0. The summed E-state index contributed by atoms with van der Waals surface area (Å²) in [6.45, 7) is 7.45. The molecule has 1 aliphatic heterocycles. The fourth-order valence-electron chi connectivity index (χ4n) is 3.88. The van der Waals surface area contributed by atoms with Crippen molar-refractivity contribution in [2.75, 3.05) is 23.6 Å². The van der Waals surface area contributed by atoms with Crippen molar-refractivity contribution in [1.29, 1.82) is 0 Å². The van der Waals surface area contributed by atoms with Gasteiger partial charge in [0.2, 0.25) is 0 Å². The molecule has 2 aromatic rings. The van der Waals surface area contributed by atoms with Crippen LogP contribution in [0.1, 0.15) is 38.2 Å². The Kier molecular flexibility index (Phi) is 7.16. The number of likely N-dealkylation sites (tertiary alicyclic amines) is 1. The smallest absolute Gasteiger partial charge is 0.265 e. The molecule has 1 aromatic heterocycles. The van der Waals surface area contributed by atoms with Gasteiger partial charge in [0.05, 0.1) is 6.20 Å². The topological polar surface area (TPSA) is 91.4 Å². The number of nitrogens with zero attached hydrogens (tertiary/aromatic N) is 2. The lowest BCUT2D eigenvalue weighted by Gasteiger charge is -2.35. The SMILES string of the molecule is C=CN1CC(c2cc(NS(=O)(=O)c3cc(F)cnc3NC)ccc2F)CC/C1=C(/C)C(C)=O. The molecule has 0 spiro atoms. The third-order valence-electron chi connectivity index (χ3n) is 5.71. The Morgan fingerprint density at radius 3 is 2.64 bits per heavy atom. The minimum absolute atomic E-state index is 0.0136. The molecule has 1 fully saturated rings. The monoisotopic (exact) mass is 476 g/mol. The van der Waals surface area contributed by atoms with Crippen LogP contribution in [-0.4, -0.2) is 37.7 Å². The predicted molar refractivity (Wildman–Crippen MR) is 123 cm³/mol. The number of Topliss-reactive ketones (excluding diaryl/α,β-unsaturated/α-hetero) is 1. The first kappa shape index (κ1) is 24.4. The van der Waals surface area contributed by atoms with Crippen molar-refractivity contribution in [3.8, 4) is 0 Å². The Labute approximate surface area is 192 Å². The second kappa shape index (κ2) is 9.70. The third kappa shape index (κ3) is 5.22. The summed E-state index contributed by atoms with van der Waals surface area (Å²) in [7, 11) is -2.72. The number of hydrogen-bond donors (Lipinski definition) is 2. The number of rotatable bonds is 7. The van der Waals surface area contributed by atoms with E-state index in [9.17, 15) is 22.0 Å². The lowest BCUT2D eigenvalue weighted by atomic mass is 9.87. The minimum atomic E-state index is -4.19. The zero-order valence-electron chi connectivity index (χ0n) is 18.7. The summed E-state index contributed by atoms with van der Waals surface area (Å²) in [6.07, 6.45) is 3.65. The number of piperidine rings is 1. The fraction of sp³-hybridized carbons (Fsp3) is 0.304. The van der Waals surface area contributed by atoms with Crippen molar-refractivity contribution in [3.05, 3.63) is 71.7 Å². The van der Waals surface area contributed by atoms with Crippen LogP contribution in [0.5, 0.6) is 0 Å². The van der Waals surface area contributed by atoms with E-state index in [4.69, 9.17) is 0 Å². The number of allylic oxidation sites excluding steroid dienone is 2. The van der Waals surface area contributed by atoms with Gasteiger partial charge in [-0.3, -0.25) is 9.52 Å². The van der Waals surface area contributed by atoms with Crippen LogP contribution in [0.2, 0.25) is 0 Å². The Hall–Kier alpha value is -3.27. The average molecular weight is 477 g/mol. The highest BCUT2D eigenvalue weighted by Gasteiger charge is 2.28. The van der Waals surface area contributed by atoms with Gasteiger partial charge in [-0.1, -0.05) is 6.58 Å². The molecule has 0 aliphatic carbocycles.